The van der Waals surface area contributed by atoms with Crippen molar-refractivity contribution in [3.8, 4) is 0 Å². The van der Waals surface area contributed by atoms with Gasteiger partial charge in [-0.05, 0) is 11.6 Å². The van der Waals surface area contributed by atoms with Crippen molar-refractivity contribution in [1.82, 2.24) is 5.32 Å². The van der Waals surface area contributed by atoms with Gasteiger partial charge < -0.3 is 4.74 Å². The quantitative estimate of drug-likeness (QED) is 0.837. The highest BCUT2D eigenvalue weighted by molar-refractivity contribution is 5.93. The Hall–Kier alpha value is -2.13. The number of rotatable bonds is 3. The van der Waals surface area contributed by atoms with Gasteiger partial charge in [0.1, 0.15) is 0 Å². The van der Waals surface area contributed by atoms with Gasteiger partial charge in [-0.25, -0.2) is 4.79 Å². The molecule has 0 radical (unpaired) electrons. The molecule has 0 unspecified atom stereocenters. The fraction of sp³-hybridized carbons (Fsp3) is 0.133. The lowest BCUT2D eigenvalue weighted by molar-refractivity contribution is 0.0303. The average Bonchev–Trinajstić information content (AvgIpc) is 2.75. The first-order valence-corrected chi connectivity index (χ1v) is 5.92. The van der Waals surface area contributed by atoms with Crippen LogP contribution in [0.1, 0.15) is 27.7 Å². The van der Waals surface area contributed by atoms with E-state index in [9.17, 15) is 4.79 Å². The third-order valence-corrected chi connectivity index (χ3v) is 3.02. The fourth-order valence-corrected chi connectivity index (χ4v) is 2.10. The molecule has 90 valence electrons. The Labute approximate surface area is 105 Å². The average molecular weight is 239 g/mol. The second-order valence-electron chi connectivity index (χ2n) is 4.24. The summed E-state index contributed by atoms with van der Waals surface area (Å²) in [6, 6.07) is 17.5. The van der Waals surface area contributed by atoms with Crippen molar-refractivity contribution in [2.45, 2.75) is 12.8 Å². The molecule has 0 fully saturated rings. The van der Waals surface area contributed by atoms with Crippen LogP contribution in [-0.4, -0.2) is 5.97 Å². The van der Waals surface area contributed by atoms with Crippen molar-refractivity contribution in [1.29, 1.82) is 0 Å². The van der Waals surface area contributed by atoms with Gasteiger partial charge in [0, 0.05) is 12.1 Å². The van der Waals surface area contributed by atoms with E-state index in [2.05, 4.69) is 5.32 Å². The normalized spacial score (nSPS) is 17.3. The monoisotopic (exact) mass is 239 g/mol. The van der Waals surface area contributed by atoms with E-state index in [0.717, 1.165) is 11.1 Å². The molecule has 0 aromatic heterocycles. The molecule has 3 nitrogen and oxygen atoms in total. The van der Waals surface area contributed by atoms with Crippen LogP contribution in [-0.2, 0) is 11.3 Å². The summed E-state index contributed by atoms with van der Waals surface area (Å²) in [5.41, 5.74) is 2.74. The van der Waals surface area contributed by atoms with E-state index in [1.165, 1.54) is 0 Å². The third-order valence-electron chi connectivity index (χ3n) is 3.02. The van der Waals surface area contributed by atoms with Crippen LogP contribution in [0, 0.1) is 0 Å². The molecule has 18 heavy (non-hydrogen) atoms. The van der Waals surface area contributed by atoms with Gasteiger partial charge in [0.05, 0.1) is 5.56 Å². The van der Waals surface area contributed by atoms with E-state index in [1.807, 2.05) is 48.5 Å². The van der Waals surface area contributed by atoms with E-state index >= 15 is 0 Å². The Bertz CT molecular complexity index is 566. The van der Waals surface area contributed by atoms with Crippen molar-refractivity contribution < 1.29 is 9.53 Å². The maximum atomic E-state index is 11.6. The molecule has 3 rings (SSSR count). The van der Waals surface area contributed by atoms with Crippen LogP contribution >= 0.6 is 0 Å². The number of cyclic esters (lactones) is 1. The number of esters is 1. The summed E-state index contributed by atoms with van der Waals surface area (Å²) >= 11 is 0. The fourth-order valence-electron chi connectivity index (χ4n) is 2.10. The Morgan fingerprint density at radius 3 is 2.56 bits per heavy atom. The lowest BCUT2D eigenvalue weighted by Crippen LogP contribution is -2.20. The number of carbonyl (C=O) groups excluding carboxylic acids is 1. The first-order chi connectivity index (χ1) is 8.84. The molecule has 0 saturated heterocycles. The van der Waals surface area contributed by atoms with Crippen molar-refractivity contribution >= 4 is 5.97 Å². The Morgan fingerprint density at radius 1 is 1.00 bits per heavy atom. The summed E-state index contributed by atoms with van der Waals surface area (Å²) in [4.78, 5) is 11.6. The van der Waals surface area contributed by atoms with Crippen LogP contribution in [0.15, 0.2) is 54.6 Å². The molecule has 0 amide bonds. The van der Waals surface area contributed by atoms with Crippen molar-refractivity contribution in [3.05, 3.63) is 71.3 Å². The van der Waals surface area contributed by atoms with Crippen molar-refractivity contribution in [3.63, 3.8) is 0 Å². The van der Waals surface area contributed by atoms with Crippen LogP contribution in [0.25, 0.3) is 0 Å². The molecule has 1 heterocycles. The van der Waals surface area contributed by atoms with E-state index in [-0.39, 0.29) is 12.2 Å². The molecule has 3 heteroatoms. The highest BCUT2D eigenvalue weighted by atomic mass is 16.6. The summed E-state index contributed by atoms with van der Waals surface area (Å²) < 4.78 is 5.30. The van der Waals surface area contributed by atoms with Gasteiger partial charge >= 0.3 is 5.97 Å². The molecule has 0 aliphatic carbocycles. The lowest BCUT2D eigenvalue weighted by Gasteiger charge is -2.12. The molecular weight excluding hydrogens is 226 g/mol. The molecular formula is C15H13NO2. The smallest absolute Gasteiger partial charge is 0.340 e. The van der Waals surface area contributed by atoms with Gasteiger partial charge in [-0.15, -0.1) is 0 Å². The second-order valence-corrected chi connectivity index (χ2v) is 4.24. The lowest BCUT2D eigenvalue weighted by atomic mass is 10.1. The largest absolute Gasteiger partial charge is 0.439 e. The minimum absolute atomic E-state index is 0.254. The highest BCUT2D eigenvalue weighted by Gasteiger charge is 2.29. The first kappa shape index (κ1) is 11.0. The molecule has 1 atom stereocenters. The second kappa shape index (κ2) is 4.63. The third kappa shape index (κ3) is 2.00. The highest BCUT2D eigenvalue weighted by Crippen LogP contribution is 2.28. The maximum absolute atomic E-state index is 11.6. The summed E-state index contributed by atoms with van der Waals surface area (Å²) in [5, 5.41) is 3.24. The number of hydrogen-bond donors (Lipinski definition) is 1. The van der Waals surface area contributed by atoms with Crippen LogP contribution in [0.5, 0.6) is 0 Å². The summed E-state index contributed by atoms with van der Waals surface area (Å²) in [5.74, 6) is -0.254. The molecule has 1 aliphatic rings. The van der Waals surface area contributed by atoms with Gasteiger partial charge in [0.15, 0.2) is 6.23 Å². The van der Waals surface area contributed by atoms with Gasteiger partial charge in [-0.1, -0.05) is 48.5 Å². The molecule has 0 bridgehead atoms. The summed E-state index contributed by atoms with van der Waals surface area (Å²) in [6.07, 6.45) is -0.339. The Kier molecular flexibility index (Phi) is 2.82. The van der Waals surface area contributed by atoms with Crippen LogP contribution in [0.4, 0.5) is 0 Å². The van der Waals surface area contributed by atoms with Gasteiger partial charge in [0.2, 0.25) is 0 Å². The molecule has 1 N–H and O–H groups in total. The molecule has 0 saturated carbocycles. The van der Waals surface area contributed by atoms with Gasteiger partial charge in [-0.3, -0.25) is 5.32 Å². The van der Waals surface area contributed by atoms with Gasteiger partial charge in [-0.2, -0.15) is 0 Å². The standard InChI is InChI=1S/C15H13NO2/c17-15-13-9-5-4-8-12(13)14(18-15)16-10-11-6-2-1-3-7-11/h1-9,14,16H,10H2/t14-/m0/s1. The molecule has 1 aliphatic heterocycles. The van der Waals surface area contributed by atoms with E-state index in [4.69, 9.17) is 4.74 Å². The number of nitrogens with one attached hydrogen (secondary N) is 1. The number of carbonyl (C=O) groups is 1. The minimum atomic E-state index is -0.339. The van der Waals surface area contributed by atoms with Gasteiger partial charge in [0.25, 0.3) is 0 Å². The first-order valence-electron chi connectivity index (χ1n) is 5.92. The zero-order valence-electron chi connectivity index (χ0n) is 9.80. The summed E-state index contributed by atoms with van der Waals surface area (Å²) in [6.45, 7) is 0.674. The summed E-state index contributed by atoms with van der Waals surface area (Å²) in [7, 11) is 0. The van der Waals surface area contributed by atoms with Crippen LogP contribution in [0.2, 0.25) is 0 Å². The van der Waals surface area contributed by atoms with Crippen LogP contribution in [0.3, 0.4) is 0 Å². The number of fused-ring (bicyclic) bond motifs is 1. The SMILES string of the molecule is O=C1O[C@H](NCc2ccccc2)c2ccccc21. The Balaban J connectivity index is 1.74. The number of ether oxygens (including phenoxy) is 1. The van der Waals surface area contributed by atoms with Crippen LogP contribution < -0.4 is 5.32 Å². The molecule has 0 spiro atoms. The van der Waals surface area contributed by atoms with Crippen molar-refractivity contribution in [2.75, 3.05) is 0 Å². The number of hydrogen-bond acceptors (Lipinski definition) is 3. The predicted octanol–water partition coefficient (Wildman–Crippen LogP) is 2.65. The van der Waals surface area contributed by atoms with E-state index in [1.54, 1.807) is 6.07 Å². The minimum Gasteiger partial charge on any atom is -0.439 e. The van der Waals surface area contributed by atoms with E-state index < -0.39 is 0 Å². The van der Waals surface area contributed by atoms with Crippen molar-refractivity contribution in [2.24, 2.45) is 0 Å². The topological polar surface area (TPSA) is 38.3 Å². The zero-order valence-corrected chi connectivity index (χ0v) is 9.80. The van der Waals surface area contributed by atoms with E-state index in [0.29, 0.717) is 12.1 Å². The predicted molar refractivity (Wildman–Crippen MR) is 67.9 cm³/mol. The Morgan fingerprint density at radius 2 is 1.72 bits per heavy atom. The zero-order chi connectivity index (χ0) is 12.4. The molecule has 2 aromatic carbocycles. The molecule has 2 aromatic rings. The number of benzene rings is 2. The maximum Gasteiger partial charge on any atom is 0.340 e.